The molecule has 102 valence electrons. The third kappa shape index (κ3) is 5.36. The van der Waals surface area contributed by atoms with Crippen molar-refractivity contribution in [3.63, 3.8) is 0 Å². The maximum Gasteiger partial charge on any atom is 0.0110 e. The highest BCUT2D eigenvalue weighted by Crippen LogP contribution is 2.07. The molecule has 0 bridgehead atoms. The lowest BCUT2D eigenvalue weighted by Crippen LogP contribution is -2.45. The molecule has 3 nitrogen and oxygen atoms in total. The summed E-state index contributed by atoms with van der Waals surface area (Å²) in [6.07, 6.45) is 3.87. The summed E-state index contributed by atoms with van der Waals surface area (Å²) in [7, 11) is 4.50. The van der Waals surface area contributed by atoms with Gasteiger partial charge >= 0.3 is 0 Å². The lowest BCUT2D eigenvalue weighted by molar-refractivity contribution is 0.143. The van der Waals surface area contributed by atoms with Crippen LogP contribution in [-0.4, -0.2) is 74.1 Å². The van der Waals surface area contributed by atoms with E-state index in [1.165, 1.54) is 58.5 Å². The van der Waals surface area contributed by atoms with Crippen LogP contribution in [0.2, 0.25) is 0 Å². The van der Waals surface area contributed by atoms with E-state index in [9.17, 15) is 0 Å². The smallest absolute Gasteiger partial charge is 0.0110 e. The Hall–Kier alpha value is -0.120. The van der Waals surface area contributed by atoms with E-state index in [0.29, 0.717) is 0 Å². The summed E-state index contributed by atoms with van der Waals surface area (Å²) in [6, 6.07) is 0.780. The molecule has 1 aliphatic rings. The molecule has 0 aromatic rings. The molecule has 0 aromatic heterocycles. The maximum atomic E-state index is 2.61. The third-order valence-electron chi connectivity index (χ3n) is 4.15. The normalized spacial score (nSPS) is 19.4. The number of hydrogen-bond acceptors (Lipinski definition) is 3. The molecule has 3 heteroatoms. The highest BCUT2D eigenvalue weighted by atomic mass is 15.2. The van der Waals surface area contributed by atoms with Crippen molar-refractivity contribution in [3.8, 4) is 0 Å². The van der Waals surface area contributed by atoms with Crippen LogP contribution in [-0.2, 0) is 0 Å². The fraction of sp³-hybridized carbons (Fsp3) is 1.00. The average molecular weight is 241 g/mol. The minimum absolute atomic E-state index is 0.780. The van der Waals surface area contributed by atoms with Crippen LogP contribution >= 0.6 is 0 Å². The minimum Gasteiger partial charge on any atom is -0.304 e. The van der Waals surface area contributed by atoms with E-state index >= 15 is 0 Å². The van der Waals surface area contributed by atoms with E-state index in [-0.39, 0.29) is 0 Å². The number of nitrogens with zero attached hydrogens (tertiary/aromatic N) is 3. The maximum absolute atomic E-state index is 2.61. The quantitative estimate of drug-likeness (QED) is 0.672. The van der Waals surface area contributed by atoms with E-state index in [4.69, 9.17) is 0 Å². The fourth-order valence-corrected chi connectivity index (χ4v) is 2.71. The van der Waals surface area contributed by atoms with Crippen LogP contribution in [0, 0.1) is 0 Å². The fourth-order valence-electron chi connectivity index (χ4n) is 2.71. The van der Waals surface area contributed by atoms with Crippen LogP contribution in [0.5, 0.6) is 0 Å². The Labute approximate surface area is 108 Å². The van der Waals surface area contributed by atoms with Gasteiger partial charge in [0.05, 0.1) is 0 Å². The molecule has 0 atom stereocenters. The number of rotatable bonds is 7. The van der Waals surface area contributed by atoms with Gasteiger partial charge in [-0.2, -0.15) is 0 Å². The van der Waals surface area contributed by atoms with E-state index in [1.807, 2.05) is 0 Å². The van der Waals surface area contributed by atoms with Crippen LogP contribution in [0.25, 0.3) is 0 Å². The van der Waals surface area contributed by atoms with Gasteiger partial charge in [0.15, 0.2) is 0 Å². The second kappa shape index (κ2) is 8.06. The summed E-state index contributed by atoms with van der Waals surface area (Å²) in [6.45, 7) is 12.1. The summed E-state index contributed by atoms with van der Waals surface area (Å²) in [5, 5.41) is 0. The van der Waals surface area contributed by atoms with Crippen molar-refractivity contribution in [2.75, 3.05) is 53.4 Å². The standard InChI is InChI=1S/C14H31N3/c1-5-14(6-2)16(4)8-7-9-17-12-10-15(3)11-13-17/h14H,5-13H2,1-4H3. The van der Waals surface area contributed by atoms with Gasteiger partial charge in [-0.25, -0.2) is 0 Å². The predicted octanol–water partition coefficient (Wildman–Crippen LogP) is 1.74. The lowest BCUT2D eigenvalue weighted by atomic mass is 10.1. The van der Waals surface area contributed by atoms with Gasteiger partial charge in [-0.1, -0.05) is 13.8 Å². The van der Waals surface area contributed by atoms with Crippen molar-refractivity contribution in [2.45, 2.75) is 39.2 Å². The first-order valence-corrected chi connectivity index (χ1v) is 7.28. The molecule has 1 heterocycles. The number of hydrogen-bond donors (Lipinski definition) is 0. The van der Waals surface area contributed by atoms with Crippen LogP contribution < -0.4 is 0 Å². The summed E-state index contributed by atoms with van der Waals surface area (Å²) in [4.78, 5) is 7.57. The Morgan fingerprint density at radius 1 is 1.06 bits per heavy atom. The van der Waals surface area contributed by atoms with E-state index in [1.54, 1.807) is 0 Å². The summed E-state index contributed by atoms with van der Waals surface area (Å²) in [5.41, 5.74) is 0. The van der Waals surface area contributed by atoms with E-state index in [0.717, 1.165) is 6.04 Å². The summed E-state index contributed by atoms with van der Waals surface area (Å²) < 4.78 is 0. The van der Waals surface area contributed by atoms with Crippen LogP contribution in [0.15, 0.2) is 0 Å². The first-order chi connectivity index (χ1) is 8.17. The Kier molecular flexibility index (Phi) is 7.09. The molecule has 17 heavy (non-hydrogen) atoms. The molecule has 1 fully saturated rings. The Morgan fingerprint density at radius 3 is 2.18 bits per heavy atom. The molecule has 0 saturated carbocycles. The Bertz CT molecular complexity index is 184. The zero-order valence-electron chi connectivity index (χ0n) is 12.3. The van der Waals surface area contributed by atoms with Gasteiger partial charge in [0.25, 0.3) is 0 Å². The molecular formula is C14H31N3. The van der Waals surface area contributed by atoms with Crippen LogP contribution in [0.3, 0.4) is 0 Å². The van der Waals surface area contributed by atoms with Crippen LogP contribution in [0.1, 0.15) is 33.1 Å². The summed E-state index contributed by atoms with van der Waals surface area (Å²) in [5.74, 6) is 0. The van der Waals surface area contributed by atoms with Gasteiger partial charge in [-0.15, -0.1) is 0 Å². The second-order valence-electron chi connectivity index (χ2n) is 5.45. The van der Waals surface area contributed by atoms with Crippen molar-refractivity contribution >= 4 is 0 Å². The zero-order valence-corrected chi connectivity index (χ0v) is 12.3. The molecular weight excluding hydrogens is 210 g/mol. The minimum atomic E-state index is 0.780. The molecule has 0 aromatic carbocycles. The van der Waals surface area contributed by atoms with Gasteiger partial charge in [0, 0.05) is 32.2 Å². The molecule has 0 unspecified atom stereocenters. The van der Waals surface area contributed by atoms with Gasteiger partial charge in [0.1, 0.15) is 0 Å². The van der Waals surface area contributed by atoms with Crippen molar-refractivity contribution < 1.29 is 0 Å². The van der Waals surface area contributed by atoms with Crippen LogP contribution in [0.4, 0.5) is 0 Å². The summed E-state index contributed by atoms with van der Waals surface area (Å²) >= 11 is 0. The molecule has 1 rings (SSSR count). The van der Waals surface area contributed by atoms with E-state index in [2.05, 4.69) is 42.6 Å². The molecule has 0 amide bonds. The molecule has 1 saturated heterocycles. The SMILES string of the molecule is CCC(CC)N(C)CCCN1CCN(C)CC1. The second-order valence-corrected chi connectivity index (χ2v) is 5.45. The van der Waals surface area contributed by atoms with Gasteiger partial charge in [-0.3, -0.25) is 0 Å². The van der Waals surface area contributed by atoms with Gasteiger partial charge < -0.3 is 14.7 Å². The van der Waals surface area contributed by atoms with Crippen molar-refractivity contribution in [3.05, 3.63) is 0 Å². The van der Waals surface area contributed by atoms with Crippen molar-refractivity contribution in [2.24, 2.45) is 0 Å². The first-order valence-electron chi connectivity index (χ1n) is 7.28. The average Bonchev–Trinajstić information content (AvgIpc) is 2.33. The first kappa shape index (κ1) is 14.9. The Morgan fingerprint density at radius 2 is 1.65 bits per heavy atom. The lowest BCUT2D eigenvalue weighted by Gasteiger charge is -2.33. The van der Waals surface area contributed by atoms with E-state index < -0.39 is 0 Å². The molecule has 0 spiro atoms. The largest absolute Gasteiger partial charge is 0.304 e. The zero-order chi connectivity index (χ0) is 12.7. The van der Waals surface area contributed by atoms with Crippen molar-refractivity contribution in [1.82, 2.24) is 14.7 Å². The van der Waals surface area contributed by atoms with Gasteiger partial charge in [0.2, 0.25) is 0 Å². The number of piperazine rings is 1. The van der Waals surface area contributed by atoms with Gasteiger partial charge in [-0.05, 0) is 46.4 Å². The Balaban J connectivity index is 2.10. The third-order valence-corrected chi connectivity index (χ3v) is 4.15. The van der Waals surface area contributed by atoms with Crippen molar-refractivity contribution in [1.29, 1.82) is 0 Å². The predicted molar refractivity (Wildman–Crippen MR) is 75.6 cm³/mol. The molecule has 0 radical (unpaired) electrons. The number of likely N-dealkylation sites (N-methyl/N-ethyl adjacent to an activating group) is 1. The molecule has 1 aliphatic heterocycles. The monoisotopic (exact) mass is 241 g/mol. The molecule has 0 aliphatic carbocycles. The highest BCUT2D eigenvalue weighted by molar-refractivity contribution is 4.70. The highest BCUT2D eigenvalue weighted by Gasteiger charge is 2.14. The topological polar surface area (TPSA) is 9.72 Å². The molecule has 0 N–H and O–H groups in total.